The Morgan fingerprint density at radius 2 is 1.86 bits per heavy atom. The maximum atomic E-state index is 13.5. The largest absolute Gasteiger partial charge is 0.496 e. The van der Waals surface area contributed by atoms with Crippen LogP contribution in [-0.4, -0.2) is 29.5 Å². The second-order valence-electron chi connectivity index (χ2n) is 6.61. The van der Waals surface area contributed by atoms with Crippen molar-refractivity contribution in [3.8, 4) is 5.75 Å². The van der Waals surface area contributed by atoms with Gasteiger partial charge in [0.2, 0.25) is 0 Å². The van der Waals surface area contributed by atoms with E-state index in [1.54, 1.807) is 42.5 Å². The van der Waals surface area contributed by atoms with E-state index in [0.717, 1.165) is 5.69 Å². The molecule has 154 valence electrons. The topological polar surface area (TPSA) is 54.4 Å². The van der Waals surface area contributed by atoms with Crippen LogP contribution in [-0.2, 0) is 5.88 Å². The Kier molecular flexibility index (Phi) is 6.19. The number of para-hydroxylation sites is 1. The van der Waals surface area contributed by atoms with Crippen molar-refractivity contribution in [3.63, 3.8) is 0 Å². The summed E-state index contributed by atoms with van der Waals surface area (Å²) >= 11 is 5.92. The van der Waals surface area contributed by atoms with Crippen molar-refractivity contribution in [2.45, 2.75) is 31.1 Å². The summed E-state index contributed by atoms with van der Waals surface area (Å²) in [5, 5.41) is 13.7. The van der Waals surface area contributed by atoms with Gasteiger partial charge >= 0.3 is 6.18 Å². The second kappa shape index (κ2) is 8.47. The van der Waals surface area contributed by atoms with E-state index in [1.807, 2.05) is 6.92 Å². The van der Waals surface area contributed by atoms with Crippen molar-refractivity contribution in [2.75, 3.05) is 12.4 Å². The number of nitrogens with zero attached hydrogens (tertiary/aromatic N) is 1. The fourth-order valence-electron chi connectivity index (χ4n) is 3.27. The van der Waals surface area contributed by atoms with Crippen LogP contribution < -0.4 is 10.1 Å². The van der Waals surface area contributed by atoms with Gasteiger partial charge in [-0.15, -0.1) is 11.6 Å². The molecule has 0 aliphatic rings. The van der Waals surface area contributed by atoms with Gasteiger partial charge in [-0.3, -0.25) is 4.98 Å². The summed E-state index contributed by atoms with van der Waals surface area (Å²) in [6.07, 6.45) is -7.52. The predicted molar refractivity (Wildman–Crippen MR) is 107 cm³/mol. The van der Waals surface area contributed by atoms with Crippen molar-refractivity contribution in [3.05, 3.63) is 65.4 Å². The zero-order valence-corrected chi connectivity index (χ0v) is 16.6. The van der Waals surface area contributed by atoms with E-state index >= 15 is 0 Å². The number of halogens is 4. The third-order valence-corrected chi connectivity index (χ3v) is 4.93. The fraction of sp³-hybridized carbons (Fsp3) is 0.286. The Hall–Kier alpha value is -2.51. The smallest absolute Gasteiger partial charge is 0.416 e. The molecule has 0 spiro atoms. The van der Waals surface area contributed by atoms with E-state index in [-0.39, 0.29) is 17.2 Å². The molecule has 3 rings (SSSR count). The molecule has 4 nitrogen and oxygen atoms in total. The molecule has 2 N–H and O–H groups in total. The van der Waals surface area contributed by atoms with Crippen molar-refractivity contribution >= 4 is 28.2 Å². The van der Waals surface area contributed by atoms with Crippen molar-refractivity contribution in [1.82, 2.24) is 4.98 Å². The second-order valence-corrected chi connectivity index (χ2v) is 6.87. The number of benzene rings is 2. The highest BCUT2D eigenvalue weighted by atomic mass is 35.5. The van der Waals surface area contributed by atoms with Crippen LogP contribution in [0, 0.1) is 6.92 Å². The summed E-state index contributed by atoms with van der Waals surface area (Å²) in [7, 11) is 1.36. The number of pyridine rings is 1. The molecule has 29 heavy (non-hydrogen) atoms. The minimum atomic E-state index is -4.85. The number of aromatic nitrogens is 1. The Bertz CT molecular complexity index is 1010. The number of alkyl halides is 4. The molecule has 1 heterocycles. The van der Waals surface area contributed by atoms with Gasteiger partial charge in [-0.2, -0.15) is 13.2 Å². The molecule has 0 saturated carbocycles. The maximum Gasteiger partial charge on any atom is 0.416 e. The van der Waals surface area contributed by atoms with Crippen LogP contribution >= 0.6 is 11.6 Å². The van der Waals surface area contributed by atoms with E-state index in [1.165, 1.54) is 13.2 Å². The number of aryl methyl sites for hydroxylation is 1. The number of aliphatic hydroxyl groups is 1. The summed E-state index contributed by atoms with van der Waals surface area (Å²) in [6, 6.07) is 11.9. The first-order valence-corrected chi connectivity index (χ1v) is 9.39. The number of fused-ring (bicyclic) bond motifs is 1. The maximum absolute atomic E-state index is 13.5. The standard InChI is InChI=1S/C21H20ClF3N2O2/c1-12-9-10-14-16(26-12)7-4-8-17(14)27-18(20(28)21(23,24)25)15-6-3-5-13(11-22)19(15)29-2/h3-10,18,20,27-28H,11H2,1-2H3. The fourth-order valence-corrected chi connectivity index (χ4v) is 3.48. The number of hydrogen-bond donors (Lipinski definition) is 2. The average Bonchev–Trinajstić information content (AvgIpc) is 2.69. The van der Waals surface area contributed by atoms with Gasteiger partial charge in [0.15, 0.2) is 6.10 Å². The van der Waals surface area contributed by atoms with E-state index in [9.17, 15) is 18.3 Å². The molecule has 0 amide bonds. The Balaban J connectivity index is 2.14. The number of methoxy groups -OCH3 is 1. The lowest BCUT2D eigenvalue weighted by Gasteiger charge is -2.29. The van der Waals surface area contributed by atoms with Gasteiger partial charge in [0.25, 0.3) is 0 Å². The van der Waals surface area contributed by atoms with Gasteiger partial charge in [-0.1, -0.05) is 24.3 Å². The highest BCUT2D eigenvalue weighted by Crippen LogP contribution is 2.39. The number of ether oxygens (including phenoxy) is 1. The molecule has 0 bridgehead atoms. The van der Waals surface area contributed by atoms with E-state index in [4.69, 9.17) is 16.3 Å². The lowest BCUT2D eigenvalue weighted by atomic mass is 9.96. The first-order valence-electron chi connectivity index (χ1n) is 8.85. The van der Waals surface area contributed by atoms with E-state index < -0.39 is 18.3 Å². The molecule has 0 radical (unpaired) electrons. The zero-order chi connectivity index (χ0) is 21.2. The van der Waals surface area contributed by atoms with E-state index in [2.05, 4.69) is 10.3 Å². The molecule has 0 aliphatic heterocycles. The van der Waals surface area contributed by atoms with Crippen LogP contribution in [0.2, 0.25) is 0 Å². The molecule has 0 aliphatic carbocycles. The summed E-state index contributed by atoms with van der Waals surface area (Å²) in [5.74, 6) is 0.265. The summed E-state index contributed by atoms with van der Waals surface area (Å²) in [5.41, 5.74) is 2.53. The van der Waals surface area contributed by atoms with Gasteiger partial charge < -0.3 is 15.2 Å². The van der Waals surface area contributed by atoms with Crippen LogP contribution in [0.4, 0.5) is 18.9 Å². The van der Waals surface area contributed by atoms with Crippen molar-refractivity contribution in [1.29, 1.82) is 0 Å². The van der Waals surface area contributed by atoms with Crippen LogP contribution in [0.5, 0.6) is 5.75 Å². The average molecular weight is 425 g/mol. The molecule has 2 aromatic carbocycles. The van der Waals surface area contributed by atoms with Crippen LogP contribution in [0.15, 0.2) is 48.5 Å². The lowest BCUT2D eigenvalue weighted by Crippen LogP contribution is -2.38. The molecule has 8 heteroatoms. The van der Waals surface area contributed by atoms with E-state index in [0.29, 0.717) is 22.2 Å². The summed E-state index contributed by atoms with van der Waals surface area (Å²) in [6.45, 7) is 1.83. The molecule has 3 aromatic rings. The highest BCUT2D eigenvalue weighted by molar-refractivity contribution is 6.17. The number of nitrogens with one attached hydrogen (secondary N) is 1. The molecular weight excluding hydrogens is 405 g/mol. The Morgan fingerprint density at radius 1 is 1.14 bits per heavy atom. The molecule has 2 atom stereocenters. The SMILES string of the molecule is COc1c(CCl)cccc1C(Nc1cccc2nc(C)ccc12)C(O)C(F)(F)F. The quantitative estimate of drug-likeness (QED) is 0.522. The van der Waals surface area contributed by atoms with Crippen LogP contribution in [0.25, 0.3) is 10.9 Å². The zero-order valence-electron chi connectivity index (χ0n) is 15.8. The first-order chi connectivity index (χ1) is 13.8. The molecule has 0 fully saturated rings. The lowest BCUT2D eigenvalue weighted by molar-refractivity contribution is -0.208. The van der Waals surface area contributed by atoms with Gasteiger partial charge in [0.1, 0.15) is 5.75 Å². The summed E-state index contributed by atoms with van der Waals surface area (Å²) < 4.78 is 45.8. The third kappa shape index (κ3) is 4.41. The van der Waals surface area contributed by atoms with Gasteiger partial charge in [-0.05, 0) is 31.2 Å². The molecule has 0 saturated heterocycles. The van der Waals surface area contributed by atoms with Gasteiger partial charge in [-0.25, -0.2) is 0 Å². The number of anilines is 1. The number of rotatable bonds is 6. The highest BCUT2D eigenvalue weighted by Gasteiger charge is 2.45. The van der Waals surface area contributed by atoms with Gasteiger partial charge in [0, 0.05) is 27.9 Å². The normalized spacial score (nSPS) is 13.9. The summed E-state index contributed by atoms with van der Waals surface area (Å²) in [4.78, 5) is 4.40. The Morgan fingerprint density at radius 3 is 2.52 bits per heavy atom. The number of hydrogen-bond acceptors (Lipinski definition) is 4. The molecule has 2 unspecified atom stereocenters. The minimum Gasteiger partial charge on any atom is -0.496 e. The predicted octanol–water partition coefficient (Wildman–Crippen LogP) is 5.37. The molecule has 1 aromatic heterocycles. The third-order valence-electron chi connectivity index (χ3n) is 4.64. The number of aliphatic hydroxyl groups excluding tert-OH is 1. The monoisotopic (exact) mass is 424 g/mol. The first kappa shape index (κ1) is 21.2. The van der Waals surface area contributed by atoms with Crippen LogP contribution in [0.3, 0.4) is 0 Å². The van der Waals surface area contributed by atoms with Crippen molar-refractivity contribution < 1.29 is 23.0 Å². The van der Waals surface area contributed by atoms with Gasteiger partial charge in [0.05, 0.1) is 24.5 Å². The molecular formula is C21H20ClF3N2O2. The van der Waals surface area contributed by atoms with Crippen molar-refractivity contribution in [2.24, 2.45) is 0 Å². The Labute approximate surface area is 171 Å². The van der Waals surface area contributed by atoms with Crippen LogP contribution in [0.1, 0.15) is 22.9 Å². The minimum absolute atomic E-state index is 0.0588.